The molecule has 1 aromatic carbocycles. The van der Waals surface area contributed by atoms with E-state index in [1.807, 2.05) is 0 Å². The highest BCUT2D eigenvalue weighted by molar-refractivity contribution is 5.20. The molecule has 0 bridgehead atoms. The molecule has 2 heterocycles. The van der Waals surface area contributed by atoms with Gasteiger partial charge in [0.25, 0.3) is 0 Å². The zero-order valence-electron chi connectivity index (χ0n) is 16.2. The fourth-order valence-corrected chi connectivity index (χ4v) is 3.78. The molecule has 0 unspecified atom stereocenters. The lowest BCUT2D eigenvalue weighted by Crippen LogP contribution is -2.40. The van der Waals surface area contributed by atoms with Crippen molar-refractivity contribution in [3.05, 3.63) is 35.9 Å². The SMILES string of the molecule is CCCC.CN1CCC(CN2CCC(c3ccccc3)CC2)CC1. The number of piperidine rings is 2. The lowest BCUT2D eigenvalue weighted by atomic mass is 9.88. The molecule has 0 aliphatic carbocycles. The Kier molecular flexibility index (Phi) is 8.83. The molecular weight excluding hydrogens is 292 g/mol. The third-order valence-electron chi connectivity index (χ3n) is 5.71. The molecule has 24 heavy (non-hydrogen) atoms. The average Bonchev–Trinajstić information content (AvgIpc) is 2.65. The molecule has 2 aliphatic heterocycles. The molecule has 0 atom stereocenters. The van der Waals surface area contributed by atoms with Crippen LogP contribution in [0.25, 0.3) is 0 Å². The predicted molar refractivity (Wildman–Crippen MR) is 106 cm³/mol. The molecule has 2 aliphatic rings. The zero-order valence-corrected chi connectivity index (χ0v) is 16.2. The smallest absolute Gasteiger partial charge is 0.00106 e. The third-order valence-corrected chi connectivity index (χ3v) is 5.71. The van der Waals surface area contributed by atoms with Crippen molar-refractivity contribution in [1.29, 1.82) is 0 Å². The van der Waals surface area contributed by atoms with E-state index in [2.05, 4.69) is 61.0 Å². The summed E-state index contributed by atoms with van der Waals surface area (Å²) in [5.74, 6) is 1.74. The van der Waals surface area contributed by atoms with Crippen LogP contribution >= 0.6 is 0 Å². The van der Waals surface area contributed by atoms with Crippen molar-refractivity contribution in [2.75, 3.05) is 39.8 Å². The molecule has 0 amide bonds. The van der Waals surface area contributed by atoms with E-state index in [1.54, 1.807) is 5.56 Å². The summed E-state index contributed by atoms with van der Waals surface area (Å²) in [6.45, 7) is 10.9. The van der Waals surface area contributed by atoms with Gasteiger partial charge in [-0.25, -0.2) is 0 Å². The minimum absolute atomic E-state index is 0.796. The van der Waals surface area contributed by atoms with Crippen molar-refractivity contribution in [1.82, 2.24) is 9.80 Å². The maximum Gasteiger partial charge on any atom is 0.00106 e. The van der Waals surface area contributed by atoms with E-state index in [-0.39, 0.29) is 0 Å². The number of likely N-dealkylation sites (tertiary alicyclic amines) is 2. The highest BCUT2D eigenvalue weighted by Gasteiger charge is 2.24. The zero-order chi connectivity index (χ0) is 17.2. The summed E-state index contributed by atoms with van der Waals surface area (Å²) in [6.07, 6.45) is 8.12. The van der Waals surface area contributed by atoms with E-state index >= 15 is 0 Å². The van der Waals surface area contributed by atoms with Crippen LogP contribution in [0.2, 0.25) is 0 Å². The first-order valence-corrected chi connectivity index (χ1v) is 10.2. The van der Waals surface area contributed by atoms with Crippen molar-refractivity contribution < 1.29 is 0 Å². The van der Waals surface area contributed by atoms with Gasteiger partial charge in [-0.3, -0.25) is 0 Å². The van der Waals surface area contributed by atoms with Crippen LogP contribution in [0.5, 0.6) is 0 Å². The normalized spacial score (nSPS) is 21.3. The monoisotopic (exact) mass is 330 g/mol. The Morgan fingerprint density at radius 2 is 1.42 bits per heavy atom. The number of hydrogen-bond donors (Lipinski definition) is 0. The summed E-state index contributed by atoms with van der Waals surface area (Å²) >= 11 is 0. The molecular formula is C22H38N2. The average molecular weight is 331 g/mol. The second kappa shape index (κ2) is 10.9. The van der Waals surface area contributed by atoms with Crippen molar-refractivity contribution in [2.45, 2.75) is 58.3 Å². The van der Waals surface area contributed by atoms with Gasteiger partial charge in [0.15, 0.2) is 0 Å². The van der Waals surface area contributed by atoms with E-state index in [4.69, 9.17) is 0 Å². The molecule has 136 valence electrons. The van der Waals surface area contributed by atoms with E-state index in [0.717, 1.165) is 11.8 Å². The van der Waals surface area contributed by atoms with E-state index in [9.17, 15) is 0 Å². The number of hydrogen-bond acceptors (Lipinski definition) is 2. The molecule has 2 saturated heterocycles. The van der Waals surface area contributed by atoms with E-state index < -0.39 is 0 Å². The lowest BCUT2D eigenvalue weighted by molar-refractivity contribution is 0.139. The summed E-state index contributed by atoms with van der Waals surface area (Å²) in [5.41, 5.74) is 1.55. The first-order chi connectivity index (χ1) is 11.7. The highest BCUT2D eigenvalue weighted by atomic mass is 15.1. The largest absolute Gasteiger partial charge is 0.306 e. The number of nitrogens with zero attached hydrogens (tertiary/aromatic N) is 2. The van der Waals surface area contributed by atoms with Gasteiger partial charge in [-0.05, 0) is 76.3 Å². The molecule has 2 fully saturated rings. The second-order valence-electron chi connectivity index (χ2n) is 7.73. The summed E-state index contributed by atoms with van der Waals surface area (Å²) in [4.78, 5) is 5.19. The lowest BCUT2D eigenvalue weighted by Gasteiger charge is -2.37. The standard InChI is InChI=1S/C18H28N2.C4H10/c1-19-11-7-16(8-12-19)15-20-13-9-18(10-14-20)17-5-3-2-4-6-17;1-3-4-2/h2-6,16,18H,7-15H2,1H3;3-4H2,1-2H3. The minimum atomic E-state index is 0.796. The first kappa shape index (κ1) is 19.5. The quantitative estimate of drug-likeness (QED) is 0.765. The van der Waals surface area contributed by atoms with Crippen LogP contribution in [0.4, 0.5) is 0 Å². The second-order valence-corrected chi connectivity index (χ2v) is 7.73. The molecule has 2 nitrogen and oxygen atoms in total. The van der Waals surface area contributed by atoms with Gasteiger partial charge < -0.3 is 9.80 Å². The molecule has 1 aromatic rings. The van der Waals surface area contributed by atoms with Crippen molar-refractivity contribution in [3.8, 4) is 0 Å². The fraction of sp³-hybridized carbons (Fsp3) is 0.727. The molecule has 0 saturated carbocycles. The van der Waals surface area contributed by atoms with Gasteiger partial charge in [0.05, 0.1) is 0 Å². The van der Waals surface area contributed by atoms with Gasteiger partial charge in [0.1, 0.15) is 0 Å². The Bertz CT molecular complexity index is 413. The van der Waals surface area contributed by atoms with Crippen molar-refractivity contribution >= 4 is 0 Å². The maximum absolute atomic E-state index is 2.72. The van der Waals surface area contributed by atoms with Crippen LogP contribution < -0.4 is 0 Å². The van der Waals surface area contributed by atoms with Crippen LogP contribution in [0, 0.1) is 5.92 Å². The third kappa shape index (κ3) is 6.57. The van der Waals surface area contributed by atoms with Gasteiger partial charge in [-0.1, -0.05) is 57.0 Å². The Morgan fingerprint density at radius 1 is 0.833 bits per heavy atom. The molecule has 0 aromatic heterocycles. The molecule has 0 spiro atoms. The Morgan fingerprint density at radius 3 is 1.96 bits per heavy atom. The minimum Gasteiger partial charge on any atom is -0.306 e. The predicted octanol–water partition coefficient (Wildman–Crippen LogP) is 5.01. The van der Waals surface area contributed by atoms with Gasteiger partial charge in [0, 0.05) is 6.54 Å². The van der Waals surface area contributed by atoms with Gasteiger partial charge >= 0.3 is 0 Å². The number of rotatable bonds is 4. The van der Waals surface area contributed by atoms with Crippen molar-refractivity contribution in [3.63, 3.8) is 0 Å². The summed E-state index contributed by atoms with van der Waals surface area (Å²) in [7, 11) is 2.25. The topological polar surface area (TPSA) is 6.48 Å². The van der Waals surface area contributed by atoms with Crippen LogP contribution in [0.15, 0.2) is 30.3 Å². The molecule has 3 rings (SSSR count). The first-order valence-electron chi connectivity index (χ1n) is 10.2. The summed E-state index contributed by atoms with van der Waals surface area (Å²) in [6, 6.07) is 11.1. The fourth-order valence-electron chi connectivity index (χ4n) is 3.78. The Balaban J connectivity index is 0.000000471. The van der Waals surface area contributed by atoms with E-state index in [1.165, 1.54) is 71.2 Å². The van der Waals surface area contributed by atoms with Gasteiger partial charge in [-0.2, -0.15) is 0 Å². The van der Waals surface area contributed by atoms with Crippen LogP contribution in [-0.4, -0.2) is 49.6 Å². The molecule has 0 radical (unpaired) electrons. The molecule has 0 N–H and O–H groups in total. The van der Waals surface area contributed by atoms with Gasteiger partial charge in [0.2, 0.25) is 0 Å². The summed E-state index contributed by atoms with van der Waals surface area (Å²) in [5, 5.41) is 0. The summed E-state index contributed by atoms with van der Waals surface area (Å²) < 4.78 is 0. The number of benzene rings is 1. The van der Waals surface area contributed by atoms with Crippen LogP contribution in [-0.2, 0) is 0 Å². The van der Waals surface area contributed by atoms with E-state index in [0.29, 0.717) is 0 Å². The van der Waals surface area contributed by atoms with Crippen molar-refractivity contribution in [2.24, 2.45) is 5.92 Å². The van der Waals surface area contributed by atoms with Crippen LogP contribution in [0.3, 0.4) is 0 Å². The maximum atomic E-state index is 2.72. The van der Waals surface area contributed by atoms with Crippen LogP contribution in [0.1, 0.15) is 63.9 Å². The molecule has 2 heteroatoms. The Hall–Kier alpha value is -0.860. The Labute approximate surface area is 150 Å². The van der Waals surface area contributed by atoms with Gasteiger partial charge in [-0.15, -0.1) is 0 Å². The highest BCUT2D eigenvalue weighted by Crippen LogP contribution is 2.29. The number of unbranched alkanes of at least 4 members (excludes halogenated alkanes) is 1.